The highest BCUT2D eigenvalue weighted by atomic mass is 16.5. The van der Waals surface area contributed by atoms with Crippen molar-refractivity contribution < 1.29 is 14.3 Å². The molecule has 0 bridgehead atoms. The molecule has 0 unspecified atom stereocenters. The summed E-state index contributed by atoms with van der Waals surface area (Å²) in [6, 6.07) is 0.162. The maximum absolute atomic E-state index is 11.7. The molecule has 0 aliphatic carbocycles. The lowest BCUT2D eigenvalue weighted by Crippen LogP contribution is -2.47. The Balaban J connectivity index is 2.45. The lowest BCUT2D eigenvalue weighted by atomic mass is 10.0. The van der Waals surface area contributed by atoms with Crippen LogP contribution in [0.2, 0.25) is 0 Å². The van der Waals surface area contributed by atoms with Gasteiger partial charge in [-0.05, 0) is 26.3 Å². The Morgan fingerprint density at radius 1 is 1.29 bits per heavy atom. The minimum Gasteiger partial charge on any atom is -0.459 e. The third-order valence-electron chi connectivity index (χ3n) is 3.32. The van der Waals surface area contributed by atoms with Crippen LogP contribution >= 0.6 is 0 Å². The summed E-state index contributed by atoms with van der Waals surface area (Å²) in [5.74, 6) is -1.27. The molecule has 0 aromatic carbocycles. The van der Waals surface area contributed by atoms with Crippen molar-refractivity contribution >= 4 is 11.9 Å². The molecule has 1 aliphatic rings. The van der Waals surface area contributed by atoms with Crippen LogP contribution in [0.1, 0.15) is 26.7 Å². The van der Waals surface area contributed by atoms with E-state index in [9.17, 15) is 9.59 Å². The fourth-order valence-electron chi connectivity index (χ4n) is 2.13. The van der Waals surface area contributed by atoms with Crippen LogP contribution < -0.4 is 0 Å². The predicted octanol–water partition coefficient (Wildman–Crippen LogP) is 0.492. The quantitative estimate of drug-likeness (QED) is 0.534. The molecule has 98 valence electrons. The number of esters is 1. The van der Waals surface area contributed by atoms with E-state index in [1.807, 2.05) is 0 Å². The Bertz CT molecular complexity index is 273. The second kappa shape index (κ2) is 6.59. The first-order valence-electron chi connectivity index (χ1n) is 6.26. The highest BCUT2D eigenvalue weighted by Crippen LogP contribution is 2.15. The molecular formula is C12H22N2O3. The normalized spacial score (nSPS) is 17.8. The molecule has 0 radical (unpaired) electrons. The van der Waals surface area contributed by atoms with Crippen LogP contribution in [0.15, 0.2) is 0 Å². The summed E-state index contributed by atoms with van der Waals surface area (Å²) in [4.78, 5) is 26.9. The first-order valence-corrected chi connectivity index (χ1v) is 6.26. The van der Waals surface area contributed by atoms with E-state index in [-0.39, 0.29) is 12.6 Å². The maximum Gasteiger partial charge on any atom is 0.397 e. The molecule has 1 heterocycles. The molecule has 5 nitrogen and oxygen atoms in total. The van der Waals surface area contributed by atoms with E-state index in [2.05, 4.69) is 11.8 Å². The molecule has 1 aliphatic heterocycles. The first-order chi connectivity index (χ1) is 8.10. The SMILES string of the molecule is CCOC(=O)C(=O)N(C)C1CCN(CC)CC1. The number of carbonyl (C=O) groups is 2. The van der Waals surface area contributed by atoms with E-state index in [0.717, 1.165) is 32.5 Å². The minimum atomic E-state index is -0.743. The van der Waals surface area contributed by atoms with Crippen molar-refractivity contribution in [3.63, 3.8) is 0 Å². The number of nitrogens with zero attached hydrogens (tertiary/aromatic N) is 2. The van der Waals surface area contributed by atoms with Crippen LogP contribution in [0, 0.1) is 0 Å². The van der Waals surface area contributed by atoms with Crippen molar-refractivity contribution in [1.29, 1.82) is 0 Å². The summed E-state index contributed by atoms with van der Waals surface area (Å²) in [6.07, 6.45) is 1.85. The fraction of sp³-hybridized carbons (Fsp3) is 0.833. The highest BCUT2D eigenvalue weighted by Gasteiger charge is 2.28. The van der Waals surface area contributed by atoms with Crippen LogP contribution in [-0.2, 0) is 14.3 Å². The van der Waals surface area contributed by atoms with Gasteiger partial charge in [-0.2, -0.15) is 0 Å². The second-order valence-electron chi connectivity index (χ2n) is 4.30. The zero-order valence-electron chi connectivity index (χ0n) is 10.9. The monoisotopic (exact) mass is 242 g/mol. The van der Waals surface area contributed by atoms with Crippen LogP contribution in [0.4, 0.5) is 0 Å². The molecule has 0 aromatic heterocycles. The number of likely N-dealkylation sites (N-methyl/N-ethyl adjacent to an activating group) is 1. The van der Waals surface area contributed by atoms with Crippen molar-refractivity contribution in [2.24, 2.45) is 0 Å². The standard InChI is InChI=1S/C12H22N2O3/c1-4-14-8-6-10(7-9-14)13(3)11(15)12(16)17-5-2/h10H,4-9H2,1-3H3. The van der Waals surface area contributed by atoms with E-state index < -0.39 is 11.9 Å². The molecule has 1 amide bonds. The van der Waals surface area contributed by atoms with Gasteiger partial charge >= 0.3 is 11.9 Å². The summed E-state index contributed by atoms with van der Waals surface area (Å²) in [7, 11) is 1.69. The predicted molar refractivity (Wildman–Crippen MR) is 64.5 cm³/mol. The third-order valence-corrected chi connectivity index (χ3v) is 3.32. The molecule has 0 spiro atoms. The third kappa shape index (κ3) is 3.70. The summed E-state index contributed by atoms with van der Waals surface area (Å²) in [5.41, 5.74) is 0. The lowest BCUT2D eigenvalue weighted by molar-refractivity contribution is -0.160. The highest BCUT2D eigenvalue weighted by molar-refractivity contribution is 6.32. The van der Waals surface area contributed by atoms with E-state index >= 15 is 0 Å². The Morgan fingerprint density at radius 3 is 2.35 bits per heavy atom. The number of hydrogen-bond acceptors (Lipinski definition) is 4. The van der Waals surface area contributed by atoms with Gasteiger partial charge in [0.25, 0.3) is 0 Å². The van der Waals surface area contributed by atoms with Gasteiger partial charge in [-0.1, -0.05) is 6.92 Å². The molecule has 0 saturated carbocycles. The van der Waals surface area contributed by atoms with Crippen LogP contribution in [-0.4, -0.2) is 61.0 Å². The van der Waals surface area contributed by atoms with Crippen LogP contribution in [0.3, 0.4) is 0 Å². The Kier molecular flexibility index (Phi) is 5.41. The molecule has 1 fully saturated rings. The summed E-state index contributed by atoms with van der Waals surface area (Å²) in [5, 5.41) is 0. The molecular weight excluding hydrogens is 220 g/mol. The van der Waals surface area contributed by atoms with Gasteiger partial charge in [-0.15, -0.1) is 0 Å². The van der Waals surface area contributed by atoms with Gasteiger partial charge in [0.2, 0.25) is 0 Å². The largest absolute Gasteiger partial charge is 0.459 e. The average molecular weight is 242 g/mol. The van der Waals surface area contributed by atoms with E-state index in [0.29, 0.717) is 0 Å². The maximum atomic E-state index is 11.7. The molecule has 0 aromatic rings. The van der Waals surface area contributed by atoms with Gasteiger partial charge < -0.3 is 14.5 Å². The number of amides is 1. The summed E-state index contributed by atoms with van der Waals surface area (Å²) >= 11 is 0. The van der Waals surface area contributed by atoms with Crippen LogP contribution in [0.25, 0.3) is 0 Å². The molecule has 1 saturated heterocycles. The van der Waals surface area contributed by atoms with Crippen LogP contribution in [0.5, 0.6) is 0 Å². The Hall–Kier alpha value is -1.10. The molecule has 1 rings (SSSR count). The average Bonchev–Trinajstić information content (AvgIpc) is 2.37. The smallest absolute Gasteiger partial charge is 0.397 e. The number of ether oxygens (including phenoxy) is 1. The van der Waals surface area contributed by atoms with Gasteiger partial charge in [-0.3, -0.25) is 4.79 Å². The van der Waals surface area contributed by atoms with Gasteiger partial charge in [0, 0.05) is 26.2 Å². The number of carbonyl (C=O) groups excluding carboxylic acids is 2. The number of piperidine rings is 1. The summed E-state index contributed by atoms with van der Waals surface area (Å²) in [6.45, 7) is 7.09. The number of hydrogen-bond donors (Lipinski definition) is 0. The lowest BCUT2D eigenvalue weighted by Gasteiger charge is -2.35. The van der Waals surface area contributed by atoms with Gasteiger partial charge in [0.15, 0.2) is 0 Å². The Labute approximate surface area is 103 Å². The van der Waals surface area contributed by atoms with Gasteiger partial charge in [0.1, 0.15) is 0 Å². The molecule has 17 heavy (non-hydrogen) atoms. The number of rotatable bonds is 3. The number of likely N-dealkylation sites (tertiary alicyclic amines) is 1. The topological polar surface area (TPSA) is 49.9 Å². The zero-order chi connectivity index (χ0) is 12.8. The zero-order valence-corrected chi connectivity index (χ0v) is 10.9. The van der Waals surface area contributed by atoms with E-state index in [4.69, 9.17) is 4.74 Å². The first kappa shape index (κ1) is 14.0. The van der Waals surface area contributed by atoms with Gasteiger partial charge in [0.05, 0.1) is 6.61 Å². The van der Waals surface area contributed by atoms with E-state index in [1.165, 1.54) is 4.90 Å². The molecule has 5 heteroatoms. The van der Waals surface area contributed by atoms with Crippen molar-refractivity contribution in [2.45, 2.75) is 32.7 Å². The Morgan fingerprint density at radius 2 is 1.88 bits per heavy atom. The van der Waals surface area contributed by atoms with E-state index in [1.54, 1.807) is 14.0 Å². The molecule has 0 atom stereocenters. The summed E-state index contributed by atoms with van der Waals surface area (Å²) < 4.78 is 4.72. The minimum absolute atomic E-state index is 0.162. The molecule has 0 N–H and O–H groups in total. The van der Waals surface area contributed by atoms with Crippen molar-refractivity contribution in [3.05, 3.63) is 0 Å². The van der Waals surface area contributed by atoms with Gasteiger partial charge in [-0.25, -0.2) is 4.79 Å². The fourth-order valence-corrected chi connectivity index (χ4v) is 2.13. The van der Waals surface area contributed by atoms with Crippen molar-refractivity contribution in [2.75, 3.05) is 33.3 Å². The van der Waals surface area contributed by atoms with Crippen molar-refractivity contribution in [3.8, 4) is 0 Å². The van der Waals surface area contributed by atoms with Crippen molar-refractivity contribution in [1.82, 2.24) is 9.80 Å². The second-order valence-corrected chi connectivity index (χ2v) is 4.30.